The van der Waals surface area contributed by atoms with Gasteiger partial charge in [0.1, 0.15) is 10.6 Å². The number of hydrogen-bond donors (Lipinski definition) is 1. The molecule has 0 spiro atoms. The number of esters is 1. The maximum atomic E-state index is 12.2. The van der Waals surface area contributed by atoms with Gasteiger partial charge in [-0.1, -0.05) is 41.7 Å². The van der Waals surface area contributed by atoms with Crippen molar-refractivity contribution in [3.8, 4) is 22.8 Å². The van der Waals surface area contributed by atoms with E-state index in [1.54, 1.807) is 0 Å². The minimum Gasteiger partial charge on any atom is -0.496 e. The molecule has 1 aromatic heterocycles. The van der Waals surface area contributed by atoms with Gasteiger partial charge < -0.3 is 14.2 Å². The van der Waals surface area contributed by atoms with E-state index in [-0.39, 0.29) is 11.4 Å². The highest BCUT2D eigenvalue weighted by Crippen LogP contribution is 2.34. The molecule has 0 aliphatic heterocycles. The third-order valence-electron chi connectivity index (χ3n) is 4.14. The van der Waals surface area contributed by atoms with Gasteiger partial charge in [-0.25, -0.2) is 9.78 Å². The minimum absolute atomic E-state index is 0.0714. The van der Waals surface area contributed by atoms with Crippen LogP contribution in [0.3, 0.4) is 0 Å². The largest absolute Gasteiger partial charge is 0.496 e. The first-order chi connectivity index (χ1) is 15.0. The van der Waals surface area contributed by atoms with Gasteiger partial charge >= 0.3 is 11.7 Å². The highest BCUT2D eigenvalue weighted by molar-refractivity contribution is 7.17. The number of nitro groups is 1. The molecule has 1 N–H and O–H groups in total. The van der Waals surface area contributed by atoms with Crippen LogP contribution in [-0.4, -0.2) is 43.4 Å². The molecule has 31 heavy (non-hydrogen) atoms. The maximum Gasteiger partial charge on any atom is 0.350 e. The molecule has 2 aromatic carbocycles. The van der Waals surface area contributed by atoms with E-state index in [4.69, 9.17) is 14.2 Å². The first-order valence-corrected chi connectivity index (χ1v) is 9.64. The summed E-state index contributed by atoms with van der Waals surface area (Å²) in [6, 6.07) is 11.9. The van der Waals surface area contributed by atoms with Gasteiger partial charge in [-0.2, -0.15) is 5.10 Å². The molecule has 11 heteroatoms. The molecule has 3 rings (SSSR count). The van der Waals surface area contributed by atoms with Crippen LogP contribution in [0.5, 0.6) is 11.5 Å². The molecular weight excluding hydrogens is 424 g/mol. The van der Waals surface area contributed by atoms with Crippen molar-refractivity contribution in [2.24, 2.45) is 5.10 Å². The number of ether oxygens (including phenoxy) is 3. The van der Waals surface area contributed by atoms with Gasteiger partial charge in [-0.15, -0.1) is 0 Å². The van der Waals surface area contributed by atoms with Crippen molar-refractivity contribution in [2.75, 3.05) is 26.8 Å². The smallest absolute Gasteiger partial charge is 0.350 e. The molecule has 0 atom stereocenters. The highest BCUT2D eigenvalue weighted by atomic mass is 32.1. The Morgan fingerprint density at radius 1 is 1.16 bits per heavy atom. The Balaban J connectivity index is 1.91. The monoisotopic (exact) mass is 442 g/mol. The van der Waals surface area contributed by atoms with E-state index in [1.807, 2.05) is 30.3 Å². The zero-order valence-electron chi connectivity index (χ0n) is 16.8. The Labute approximate surface area is 181 Å². The molecule has 0 fully saturated rings. The third kappa shape index (κ3) is 4.78. The number of hydrazone groups is 1. The second-order valence-electron chi connectivity index (χ2n) is 5.95. The fourth-order valence-electron chi connectivity index (χ4n) is 2.70. The van der Waals surface area contributed by atoms with Crippen molar-refractivity contribution < 1.29 is 23.9 Å². The molecule has 0 saturated heterocycles. The standard InChI is InChI=1S/C20H18N4O6S/c1-28-15-10-16(29-2)14(24(26)27)9-13(15)11-21-23-20-22-17(12-7-5-4-6-8-12)18(31-20)19(25)30-3/h4-11H,1-3H3,(H,22,23)/b21-11-. The summed E-state index contributed by atoms with van der Waals surface area (Å²) in [5.74, 6) is -0.102. The van der Waals surface area contributed by atoms with Crippen molar-refractivity contribution in [2.45, 2.75) is 0 Å². The highest BCUT2D eigenvalue weighted by Gasteiger charge is 2.21. The predicted molar refractivity (Wildman–Crippen MR) is 116 cm³/mol. The molecule has 0 unspecified atom stereocenters. The van der Waals surface area contributed by atoms with Gasteiger partial charge in [0.15, 0.2) is 0 Å². The summed E-state index contributed by atoms with van der Waals surface area (Å²) >= 11 is 1.08. The zero-order chi connectivity index (χ0) is 22.4. The Morgan fingerprint density at radius 2 is 1.87 bits per heavy atom. The van der Waals surface area contributed by atoms with Gasteiger partial charge in [0, 0.05) is 23.3 Å². The maximum absolute atomic E-state index is 12.2. The number of anilines is 1. The average Bonchev–Trinajstić information content (AvgIpc) is 3.22. The van der Waals surface area contributed by atoms with Crippen LogP contribution in [0.25, 0.3) is 11.3 Å². The quantitative estimate of drug-likeness (QED) is 0.240. The SMILES string of the molecule is COC(=O)c1sc(N/N=C\c2cc([N+](=O)[O-])c(OC)cc2OC)nc1-c1ccccc1. The van der Waals surface area contributed by atoms with Crippen molar-refractivity contribution >= 4 is 34.3 Å². The summed E-state index contributed by atoms with van der Waals surface area (Å²) < 4.78 is 15.1. The number of carbonyl (C=O) groups is 1. The van der Waals surface area contributed by atoms with Crippen LogP contribution in [0.4, 0.5) is 10.8 Å². The second-order valence-corrected chi connectivity index (χ2v) is 6.95. The van der Waals surface area contributed by atoms with Crippen molar-refractivity contribution in [1.29, 1.82) is 0 Å². The molecular formula is C20H18N4O6S. The number of thiazole rings is 1. The zero-order valence-corrected chi connectivity index (χ0v) is 17.6. The van der Waals surface area contributed by atoms with Crippen LogP contribution < -0.4 is 14.9 Å². The van der Waals surface area contributed by atoms with E-state index in [9.17, 15) is 14.9 Å². The molecule has 160 valence electrons. The molecule has 1 heterocycles. The summed E-state index contributed by atoms with van der Waals surface area (Å²) in [5.41, 5.74) is 4.10. The van der Waals surface area contributed by atoms with E-state index < -0.39 is 10.9 Å². The van der Waals surface area contributed by atoms with E-state index >= 15 is 0 Å². The number of aromatic nitrogens is 1. The lowest BCUT2D eigenvalue weighted by Gasteiger charge is -2.08. The lowest BCUT2D eigenvalue weighted by atomic mass is 10.1. The number of hydrogen-bond acceptors (Lipinski definition) is 10. The summed E-state index contributed by atoms with van der Waals surface area (Å²) in [4.78, 5) is 27.6. The summed E-state index contributed by atoms with van der Waals surface area (Å²) in [5, 5.41) is 15.7. The number of nitrogens with zero attached hydrogens (tertiary/aromatic N) is 3. The van der Waals surface area contributed by atoms with Gasteiger partial charge in [-0.3, -0.25) is 15.5 Å². The number of benzene rings is 2. The number of carbonyl (C=O) groups excluding carboxylic acids is 1. The fraction of sp³-hybridized carbons (Fsp3) is 0.150. The normalized spacial score (nSPS) is 10.7. The number of nitro benzene ring substituents is 1. The summed E-state index contributed by atoms with van der Waals surface area (Å²) in [6.07, 6.45) is 1.35. The summed E-state index contributed by atoms with van der Waals surface area (Å²) in [7, 11) is 4.06. The van der Waals surface area contributed by atoms with E-state index in [1.165, 1.54) is 39.7 Å². The van der Waals surface area contributed by atoms with Crippen LogP contribution in [-0.2, 0) is 4.74 Å². The van der Waals surface area contributed by atoms with Crippen LogP contribution >= 0.6 is 11.3 Å². The van der Waals surface area contributed by atoms with Gasteiger partial charge in [0.2, 0.25) is 10.9 Å². The Hall–Kier alpha value is -3.99. The minimum atomic E-state index is -0.557. The van der Waals surface area contributed by atoms with Crippen molar-refractivity contribution in [1.82, 2.24) is 4.98 Å². The topological polar surface area (TPSA) is 125 Å². The molecule has 0 saturated carbocycles. The molecule has 0 radical (unpaired) electrons. The first kappa shape index (κ1) is 21.7. The van der Waals surface area contributed by atoms with E-state index in [0.717, 1.165) is 16.9 Å². The number of nitrogens with one attached hydrogen (secondary N) is 1. The third-order valence-corrected chi connectivity index (χ3v) is 5.08. The van der Waals surface area contributed by atoms with Gasteiger partial charge in [0.25, 0.3) is 0 Å². The van der Waals surface area contributed by atoms with Crippen LogP contribution in [0.2, 0.25) is 0 Å². The van der Waals surface area contributed by atoms with Crippen LogP contribution in [0.1, 0.15) is 15.2 Å². The lowest BCUT2D eigenvalue weighted by Crippen LogP contribution is -2.00. The molecule has 0 aliphatic rings. The Morgan fingerprint density at radius 3 is 2.48 bits per heavy atom. The van der Waals surface area contributed by atoms with Crippen molar-refractivity contribution in [3.63, 3.8) is 0 Å². The average molecular weight is 442 g/mol. The second kappa shape index (κ2) is 9.67. The Bertz CT molecular complexity index is 1130. The number of rotatable bonds is 8. The molecule has 3 aromatic rings. The van der Waals surface area contributed by atoms with Gasteiger partial charge in [0.05, 0.1) is 38.2 Å². The first-order valence-electron chi connectivity index (χ1n) is 8.82. The molecule has 0 bridgehead atoms. The Kier molecular flexibility index (Phi) is 6.78. The van der Waals surface area contributed by atoms with E-state index in [0.29, 0.717) is 27.0 Å². The van der Waals surface area contributed by atoms with E-state index in [2.05, 4.69) is 15.5 Å². The molecule has 0 aliphatic carbocycles. The van der Waals surface area contributed by atoms with Gasteiger partial charge in [-0.05, 0) is 0 Å². The summed E-state index contributed by atoms with van der Waals surface area (Å²) in [6.45, 7) is 0. The number of methoxy groups -OCH3 is 3. The predicted octanol–water partition coefficient (Wildman–Crippen LogP) is 3.97. The van der Waals surface area contributed by atoms with Crippen molar-refractivity contribution in [3.05, 3.63) is 63.0 Å². The van der Waals surface area contributed by atoms with Crippen LogP contribution in [0.15, 0.2) is 47.6 Å². The fourth-order valence-corrected chi connectivity index (χ4v) is 3.55. The molecule has 10 nitrogen and oxygen atoms in total. The molecule has 0 amide bonds. The van der Waals surface area contributed by atoms with Crippen LogP contribution in [0, 0.1) is 10.1 Å². The lowest BCUT2D eigenvalue weighted by molar-refractivity contribution is -0.385.